The van der Waals surface area contributed by atoms with E-state index in [1.807, 2.05) is 0 Å². The zero-order valence-corrected chi connectivity index (χ0v) is 9.85. The molecule has 1 heterocycles. The first-order valence-electron chi connectivity index (χ1n) is 5.85. The van der Waals surface area contributed by atoms with Crippen molar-refractivity contribution in [1.29, 1.82) is 0 Å². The van der Waals surface area contributed by atoms with E-state index < -0.39 is 0 Å². The smallest absolute Gasteiger partial charge is 0.241 e. The van der Waals surface area contributed by atoms with Crippen molar-refractivity contribution in [3.8, 4) is 0 Å². The Morgan fingerprint density at radius 1 is 1.22 bits per heavy atom. The van der Waals surface area contributed by atoms with E-state index >= 15 is 0 Å². The van der Waals surface area contributed by atoms with Crippen LogP contribution in [-0.2, 0) is 9.59 Å². The van der Waals surface area contributed by atoms with Gasteiger partial charge in [0, 0.05) is 31.3 Å². The lowest BCUT2D eigenvalue weighted by Crippen LogP contribution is -2.42. The average molecular weight is 249 g/mol. The zero-order chi connectivity index (χ0) is 12.8. The molecule has 1 fully saturated rings. The van der Waals surface area contributed by atoms with Gasteiger partial charge in [0.25, 0.3) is 0 Å². The number of rotatable bonds is 5. The number of hydrogen-bond donors (Lipinski definition) is 3. The van der Waals surface area contributed by atoms with Gasteiger partial charge in [0.05, 0.1) is 0 Å². The number of anilines is 1. The summed E-state index contributed by atoms with van der Waals surface area (Å²) in [5, 5.41) is 2.90. The van der Waals surface area contributed by atoms with E-state index in [-0.39, 0.29) is 24.2 Å². The Morgan fingerprint density at radius 3 is 2.61 bits per heavy atom. The summed E-state index contributed by atoms with van der Waals surface area (Å²) >= 11 is 0. The van der Waals surface area contributed by atoms with Gasteiger partial charge in [-0.2, -0.15) is 0 Å². The van der Waals surface area contributed by atoms with E-state index in [4.69, 9.17) is 0 Å². The second-order valence-electron chi connectivity index (χ2n) is 4.06. The quantitative estimate of drug-likeness (QED) is 0.630. The molecule has 0 atom stereocenters. The highest BCUT2D eigenvalue weighted by Gasteiger charge is 2.29. The molecule has 1 aliphatic rings. The van der Waals surface area contributed by atoms with Crippen molar-refractivity contribution in [2.45, 2.75) is 19.3 Å². The lowest BCUT2D eigenvalue weighted by atomic mass is 10.4. The number of carbonyl (C=O) groups is 2. The molecule has 0 unspecified atom stereocenters. The summed E-state index contributed by atoms with van der Waals surface area (Å²) in [7, 11) is 0. The SMILES string of the molecule is O=C(CCNc1ncccn1)NNC(=O)C1CC1. The van der Waals surface area contributed by atoms with E-state index in [1.165, 1.54) is 0 Å². The highest BCUT2D eigenvalue weighted by Crippen LogP contribution is 2.28. The van der Waals surface area contributed by atoms with Crippen LogP contribution in [0.1, 0.15) is 19.3 Å². The van der Waals surface area contributed by atoms with Gasteiger partial charge in [-0.3, -0.25) is 20.4 Å². The number of aromatic nitrogens is 2. The van der Waals surface area contributed by atoms with Crippen molar-refractivity contribution in [3.05, 3.63) is 18.5 Å². The van der Waals surface area contributed by atoms with Gasteiger partial charge >= 0.3 is 0 Å². The molecular formula is C11H15N5O2. The van der Waals surface area contributed by atoms with Gasteiger partial charge in [-0.15, -0.1) is 0 Å². The molecule has 0 bridgehead atoms. The van der Waals surface area contributed by atoms with Crippen LogP contribution < -0.4 is 16.2 Å². The molecule has 0 spiro atoms. The van der Waals surface area contributed by atoms with Gasteiger partial charge in [-0.1, -0.05) is 0 Å². The molecule has 2 rings (SSSR count). The molecule has 96 valence electrons. The summed E-state index contributed by atoms with van der Waals surface area (Å²) in [5.74, 6) is 0.212. The van der Waals surface area contributed by atoms with Crippen LogP contribution in [0.4, 0.5) is 5.95 Å². The average Bonchev–Trinajstić information content (AvgIpc) is 3.21. The third-order valence-electron chi connectivity index (χ3n) is 2.47. The predicted molar refractivity (Wildman–Crippen MR) is 64.1 cm³/mol. The minimum Gasteiger partial charge on any atom is -0.354 e. The van der Waals surface area contributed by atoms with Crippen LogP contribution in [0.2, 0.25) is 0 Å². The standard InChI is InChI=1S/C11H15N5O2/c17-9(15-16-10(18)8-2-3-8)4-7-14-11-12-5-1-6-13-11/h1,5-6,8H,2-4,7H2,(H,15,17)(H,16,18)(H,12,13,14). The fourth-order valence-electron chi connectivity index (χ4n) is 1.32. The van der Waals surface area contributed by atoms with Gasteiger partial charge in [-0.05, 0) is 18.9 Å². The highest BCUT2D eigenvalue weighted by molar-refractivity contribution is 5.84. The minimum atomic E-state index is -0.243. The maximum atomic E-state index is 11.4. The van der Waals surface area contributed by atoms with E-state index in [2.05, 4.69) is 26.1 Å². The van der Waals surface area contributed by atoms with E-state index in [9.17, 15) is 9.59 Å². The molecule has 0 aromatic carbocycles. The lowest BCUT2D eigenvalue weighted by Gasteiger charge is -2.07. The van der Waals surface area contributed by atoms with Crippen molar-refractivity contribution in [3.63, 3.8) is 0 Å². The molecule has 1 aromatic rings. The third kappa shape index (κ3) is 4.00. The number of hydrogen-bond acceptors (Lipinski definition) is 5. The maximum Gasteiger partial charge on any atom is 0.241 e. The Balaban J connectivity index is 1.58. The molecule has 1 aliphatic carbocycles. The second kappa shape index (κ2) is 5.95. The van der Waals surface area contributed by atoms with E-state index in [1.54, 1.807) is 18.5 Å². The summed E-state index contributed by atoms with van der Waals surface area (Å²) < 4.78 is 0. The van der Waals surface area contributed by atoms with Gasteiger partial charge < -0.3 is 5.32 Å². The lowest BCUT2D eigenvalue weighted by molar-refractivity contribution is -0.129. The van der Waals surface area contributed by atoms with Gasteiger partial charge in [0.1, 0.15) is 0 Å². The zero-order valence-electron chi connectivity index (χ0n) is 9.85. The van der Waals surface area contributed by atoms with Gasteiger partial charge in [0.2, 0.25) is 17.8 Å². The van der Waals surface area contributed by atoms with Crippen LogP contribution in [0.15, 0.2) is 18.5 Å². The molecule has 2 amide bonds. The number of nitrogens with one attached hydrogen (secondary N) is 3. The molecule has 1 saturated carbocycles. The summed E-state index contributed by atoms with van der Waals surface area (Å²) in [6.45, 7) is 0.412. The molecular weight excluding hydrogens is 234 g/mol. The van der Waals surface area contributed by atoms with E-state index in [0.717, 1.165) is 12.8 Å². The Morgan fingerprint density at radius 2 is 1.94 bits per heavy atom. The fraction of sp³-hybridized carbons (Fsp3) is 0.455. The first-order chi connectivity index (χ1) is 8.75. The van der Waals surface area contributed by atoms with Crippen molar-refractivity contribution in [2.75, 3.05) is 11.9 Å². The molecule has 7 heteroatoms. The Bertz CT molecular complexity index is 419. The summed E-state index contributed by atoms with van der Waals surface area (Å²) in [5.41, 5.74) is 4.77. The predicted octanol–water partition coefficient (Wildman–Crippen LogP) is -0.164. The van der Waals surface area contributed by atoms with Crippen LogP contribution in [0.5, 0.6) is 0 Å². The summed E-state index contributed by atoms with van der Waals surface area (Å²) in [6.07, 6.45) is 5.29. The van der Waals surface area contributed by atoms with Gasteiger partial charge in [0.15, 0.2) is 0 Å². The largest absolute Gasteiger partial charge is 0.354 e. The second-order valence-corrected chi connectivity index (χ2v) is 4.06. The fourth-order valence-corrected chi connectivity index (χ4v) is 1.32. The number of hydrazine groups is 1. The molecule has 3 N–H and O–H groups in total. The van der Waals surface area contributed by atoms with Crippen LogP contribution in [0.25, 0.3) is 0 Å². The normalized spacial score (nSPS) is 13.8. The molecule has 18 heavy (non-hydrogen) atoms. The minimum absolute atomic E-state index is 0.0844. The van der Waals surface area contributed by atoms with E-state index in [0.29, 0.717) is 12.5 Å². The van der Waals surface area contributed by atoms with Crippen LogP contribution >= 0.6 is 0 Å². The molecule has 7 nitrogen and oxygen atoms in total. The Hall–Kier alpha value is -2.18. The third-order valence-corrected chi connectivity index (χ3v) is 2.47. The van der Waals surface area contributed by atoms with Crippen LogP contribution in [-0.4, -0.2) is 28.3 Å². The Kier molecular flexibility index (Phi) is 4.06. The number of amides is 2. The molecule has 1 aromatic heterocycles. The summed E-state index contributed by atoms with van der Waals surface area (Å²) in [6, 6.07) is 1.71. The first-order valence-corrected chi connectivity index (χ1v) is 5.85. The van der Waals surface area contributed by atoms with Crippen molar-refractivity contribution >= 4 is 17.8 Å². The summed E-state index contributed by atoms with van der Waals surface area (Å²) in [4.78, 5) is 30.5. The molecule has 0 saturated heterocycles. The number of carbonyl (C=O) groups excluding carboxylic acids is 2. The van der Waals surface area contributed by atoms with Crippen LogP contribution in [0, 0.1) is 5.92 Å². The van der Waals surface area contributed by atoms with Gasteiger partial charge in [-0.25, -0.2) is 9.97 Å². The van der Waals surface area contributed by atoms with Crippen molar-refractivity contribution in [2.24, 2.45) is 5.92 Å². The molecule has 0 radical (unpaired) electrons. The maximum absolute atomic E-state index is 11.4. The molecule has 0 aliphatic heterocycles. The van der Waals surface area contributed by atoms with Crippen molar-refractivity contribution in [1.82, 2.24) is 20.8 Å². The monoisotopic (exact) mass is 249 g/mol. The Labute approximate surface area is 104 Å². The number of nitrogens with zero attached hydrogens (tertiary/aromatic N) is 2. The first kappa shape index (κ1) is 12.3. The topological polar surface area (TPSA) is 96.0 Å². The highest BCUT2D eigenvalue weighted by atomic mass is 16.2. The van der Waals surface area contributed by atoms with Crippen molar-refractivity contribution < 1.29 is 9.59 Å². The van der Waals surface area contributed by atoms with Crippen LogP contribution in [0.3, 0.4) is 0 Å².